The predicted octanol–water partition coefficient (Wildman–Crippen LogP) is 1.06. The van der Waals surface area contributed by atoms with E-state index in [0.717, 1.165) is 44.9 Å². The lowest BCUT2D eigenvalue weighted by Gasteiger charge is -2.47. The van der Waals surface area contributed by atoms with Gasteiger partial charge in [-0.1, -0.05) is 0 Å². The Hall–Kier alpha value is -0.260. The maximum absolute atomic E-state index is 11.0. The molecule has 2 heterocycles. The van der Waals surface area contributed by atoms with E-state index < -0.39 is 5.97 Å². The summed E-state index contributed by atoms with van der Waals surface area (Å²) >= 11 is 1.89. The van der Waals surface area contributed by atoms with Crippen LogP contribution in [0.1, 0.15) is 19.3 Å². The molecule has 2 aliphatic heterocycles. The Labute approximate surface area is 100 Å². The fourth-order valence-electron chi connectivity index (χ4n) is 2.66. The van der Waals surface area contributed by atoms with Gasteiger partial charge in [0, 0.05) is 24.4 Å². The quantitative estimate of drug-likeness (QED) is 0.805. The number of morpholine rings is 1. The molecule has 0 radical (unpaired) electrons. The first kappa shape index (κ1) is 12.2. The van der Waals surface area contributed by atoms with Gasteiger partial charge in [0.2, 0.25) is 0 Å². The van der Waals surface area contributed by atoms with E-state index >= 15 is 0 Å². The molecule has 92 valence electrons. The highest BCUT2D eigenvalue weighted by atomic mass is 32.2. The minimum absolute atomic E-state index is 0.113. The summed E-state index contributed by atoms with van der Waals surface area (Å²) in [5.41, 5.74) is -0.113. The zero-order valence-corrected chi connectivity index (χ0v) is 10.3. The van der Waals surface area contributed by atoms with Gasteiger partial charge in [-0.15, -0.1) is 0 Å². The molecule has 5 heteroatoms. The second-order valence-electron chi connectivity index (χ2n) is 4.55. The van der Waals surface area contributed by atoms with Crippen LogP contribution in [0.3, 0.4) is 0 Å². The van der Waals surface area contributed by atoms with Crippen molar-refractivity contribution in [3.8, 4) is 0 Å². The van der Waals surface area contributed by atoms with Crippen LogP contribution in [0.4, 0.5) is 0 Å². The predicted molar refractivity (Wildman–Crippen MR) is 63.9 cm³/mol. The maximum Gasteiger partial charge on any atom is 0.305 e. The third-order valence-electron chi connectivity index (χ3n) is 3.46. The number of hydrogen-bond donors (Lipinski definition) is 1. The number of rotatable bonds is 3. The first-order valence-electron chi connectivity index (χ1n) is 5.85. The van der Waals surface area contributed by atoms with Crippen molar-refractivity contribution in [3.05, 3.63) is 0 Å². The van der Waals surface area contributed by atoms with E-state index in [-0.39, 0.29) is 12.0 Å². The Morgan fingerprint density at radius 1 is 1.44 bits per heavy atom. The topological polar surface area (TPSA) is 49.8 Å². The average Bonchev–Trinajstić information content (AvgIpc) is 2.30. The number of carboxylic acids is 1. The van der Waals surface area contributed by atoms with E-state index in [1.54, 1.807) is 0 Å². The molecule has 0 aromatic carbocycles. The van der Waals surface area contributed by atoms with Crippen LogP contribution < -0.4 is 0 Å². The van der Waals surface area contributed by atoms with Crippen molar-refractivity contribution in [2.45, 2.75) is 24.8 Å². The normalized spacial score (nSPS) is 32.5. The number of aliphatic carboxylic acids is 1. The molecule has 0 spiro atoms. The number of carbonyl (C=O) groups is 1. The lowest BCUT2D eigenvalue weighted by Crippen LogP contribution is -2.57. The Bertz CT molecular complexity index is 248. The molecule has 1 unspecified atom stereocenters. The lowest BCUT2D eigenvalue weighted by molar-refractivity contribution is -0.141. The van der Waals surface area contributed by atoms with Crippen LogP contribution in [0.15, 0.2) is 0 Å². The molecule has 2 saturated heterocycles. The van der Waals surface area contributed by atoms with Gasteiger partial charge in [-0.05, 0) is 18.6 Å². The fourth-order valence-corrected chi connectivity index (χ4v) is 3.96. The highest BCUT2D eigenvalue weighted by molar-refractivity contribution is 7.99. The van der Waals surface area contributed by atoms with Gasteiger partial charge in [0.15, 0.2) is 0 Å². The molecule has 0 aromatic rings. The molecule has 16 heavy (non-hydrogen) atoms. The van der Waals surface area contributed by atoms with Crippen molar-refractivity contribution in [1.29, 1.82) is 0 Å². The van der Waals surface area contributed by atoms with Gasteiger partial charge in [-0.3, -0.25) is 9.69 Å². The Balaban J connectivity index is 2.07. The van der Waals surface area contributed by atoms with E-state index in [9.17, 15) is 4.79 Å². The molecule has 1 atom stereocenters. The first-order valence-corrected chi connectivity index (χ1v) is 7.01. The van der Waals surface area contributed by atoms with Crippen molar-refractivity contribution in [2.75, 3.05) is 37.8 Å². The molecular weight excluding hydrogens is 226 g/mol. The van der Waals surface area contributed by atoms with Crippen LogP contribution in [0.5, 0.6) is 0 Å². The minimum atomic E-state index is -0.672. The molecule has 1 N–H and O–H groups in total. The molecule has 2 fully saturated rings. The second kappa shape index (κ2) is 5.38. The number of carboxylic acid groups (broad SMARTS) is 1. The molecule has 0 aliphatic carbocycles. The molecule has 0 aromatic heterocycles. The summed E-state index contributed by atoms with van der Waals surface area (Å²) in [6, 6.07) is 0. The van der Waals surface area contributed by atoms with Gasteiger partial charge in [0.25, 0.3) is 0 Å². The monoisotopic (exact) mass is 245 g/mol. The third kappa shape index (κ3) is 2.70. The highest BCUT2D eigenvalue weighted by Crippen LogP contribution is 2.35. The van der Waals surface area contributed by atoms with Crippen LogP contribution >= 0.6 is 11.8 Å². The number of ether oxygens (including phenoxy) is 1. The molecule has 0 saturated carbocycles. The average molecular weight is 245 g/mol. The van der Waals surface area contributed by atoms with Gasteiger partial charge >= 0.3 is 5.97 Å². The summed E-state index contributed by atoms with van der Waals surface area (Å²) in [6.07, 6.45) is 2.43. The fraction of sp³-hybridized carbons (Fsp3) is 0.909. The van der Waals surface area contributed by atoms with Crippen LogP contribution in [-0.4, -0.2) is 59.3 Å². The molecule has 0 bridgehead atoms. The van der Waals surface area contributed by atoms with Crippen LogP contribution in [0.2, 0.25) is 0 Å². The van der Waals surface area contributed by atoms with E-state index in [0.29, 0.717) is 0 Å². The standard InChI is InChI=1S/C11H19NO3S/c13-10(14)8-11(2-1-7-16-9-11)12-3-5-15-6-4-12/h1-9H2,(H,13,14). The minimum Gasteiger partial charge on any atom is -0.481 e. The molecule has 0 amide bonds. The van der Waals surface area contributed by atoms with Crippen LogP contribution in [0, 0.1) is 0 Å². The van der Waals surface area contributed by atoms with Gasteiger partial charge in [0.1, 0.15) is 0 Å². The number of hydrogen-bond acceptors (Lipinski definition) is 4. The Morgan fingerprint density at radius 2 is 2.19 bits per heavy atom. The smallest absolute Gasteiger partial charge is 0.305 e. The van der Waals surface area contributed by atoms with Crippen molar-refractivity contribution in [3.63, 3.8) is 0 Å². The zero-order chi connectivity index (χ0) is 11.4. The zero-order valence-electron chi connectivity index (χ0n) is 9.48. The SMILES string of the molecule is O=C(O)CC1(N2CCOCC2)CCCSC1. The largest absolute Gasteiger partial charge is 0.481 e. The molecule has 2 aliphatic rings. The second-order valence-corrected chi connectivity index (χ2v) is 5.66. The lowest BCUT2D eigenvalue weighted by atomic mass is 9.89. The van der Waals surface area contributed by atoms with Gasteiger partial charge in [-0.25, -0.2) is 0 Å². The Kier molecular flexibility index (Phi) is 4.10. The number of nitrogens with zero attached hydrogens (tertiary/aromatic N) is 1. The van der Waals surface area contributed by atoms with E-state index in [1.165, 1.54) is 5.75 Å². The number of thioether (sulfide) groups is 1. The molecule has 4 nitrogen and oxygen atoms in total. The summed E-state index contributed by atoms with van der Waals surface area (Å²) in [7, 11) is 0. The summed E-state index contributed by atoms with van der Waals surface area (Å²) in [4.78, 5) is 13.4. The van der Waals surface area contributed by atoms with Gasteiger partial charge in [0.05, 0.1) is 19.6 Å². The van der Waals surface area contributed by atoms with Crippen molar-refractivity contribution >= 4 is 17.7 Å². The first-order chi connectivity index (χ1) is 7.73. The molecule has 2 rings (SSSR count). The summed E-state index contributed by atoms with van der Waals surface area (Å²) in [5.74, 6) is 1.46. The van der Waals surface area contributed by atoms with Crippen LogP contribution in [-0.2, 0) is 9.53 Å². The Morgan fingerprint density at radius 3 is 2.75 bits per heavy atom. The van der Waals surface area contributed by atoms with E-state index in [4.69, 9.17) is 9.84 Å². The van der Waals surface area contributed by atoms with E-state index in [2.05, 4.69) is 4.90 Å². The van der Waals surface area contributed by atoms with Crippen molar-refractivity contribution in [1.82, 2.24) is 4.90 Å². The maximum atomic E-state index is 11.0. The van der Waals surface area contributed by atoms with E-state index in [1.807, 2.05) is 11.8 Å². The summed E-state index contributed by atoms with van der Waals surface area (Å²) in [6.45, 7) is 3.25. The highest BCUT2D eigenvalue weighted by Gasteiger charge is 2.40. The third-order valence-corrected chi connectivity index (χ3v) is 4.78. The van der Waals surface area contributed by atoms with Crippen molar-refractivity contribution in [2.24, 2.45) is 0 Å². The van der Waals surface area contributed by atoms with Gasteiger partial charge < -0.3 is 9.84 Å². The summed E-state index contributed by atoms with van der Waals surface area (Å²) < 4.78 is 5.34. The summed E-state index contributed by atoms with van der Waals surface area (Å²) in [5, 5.41) is 9.09. The molecular formula is C11H19NO3S. The van der Waals surface area contributed by atoms with Crippen LogP contribution in [0.25, 0.3) is 0 Å². The van der Waals surface area contributed by atoms with Gasteiger partial charge in [-0.2, -0.15) is 11.8 Å². The van der Waals surface area contributed by atoms with Crippen molar-refractivity contribution < 1.29 is 14.6 Å².